The predicted molar refractivity (Wildman–Crippen MR) is 101 cm³/mol. The number of carbonyl (C=O) groups excluding carboxylic acids is 1. The molecule has 26 heavy (non-hydrogen) atoms. The van der Waals surface area contributed by atoms with E-state index in [2.05, 4.69) is 11.1 Å². The van der Waals surface area contributed by atoms with Gasteiger partial charge in [0, 0.05) is 35.7 Å². The largest absolute Gasteiger partial charge is 0.465 e. The van der Waals surface area contributed by atoms with Crippen molar-refractivity contribution in [2.45, 2.75) is 12.8 Å². The third-order valence-corrected chi connectivity index (χ3v) is 5.09. The van der Waals surface area contributed by atoms with Crippen LogP contribution >= 0.6 is 11.3 Å². The Hall–Kier alpha value is -3.17. The molecule has 0 aliphatic carbocycles. The molecule has 1 saturated heterocycles. The highest BCUT2D eigenvalue weighted by molar-refractivity contribution is 7.11. The van der Waals surface area contributed by atoms with Gasteiger partial charge in [0.05, 0.1) is 17.5 Å². The summed E-state index contributed by atoms with van der Waals surface area (Å²) >= 11 is 1.41. The van der Waals surface area contributed by atoms with Crippen LogP contribution in [0.2, 0.25) is 0 Å². The van der Waals surface area contributed by atoms with Crippen molar-refractivity contribution in [3.05, 3.63) is 58.8 Å². The number of nitriles is 1. The summed E-state index contributed by atoms with van der Waals surface area (Å²) in [6, 6.07) is 13.6. The first-order valence-electron chi connectivity index (χ1n) is 8.26. The van der Waals surface area contributed by atoms with Gasteiger partial charge in [-0.25, -0.2) is 4.98 Å². The number of thiazole rings is 1. The van der Waals surface area contributed by atoms with Crippen molar-refractivity contribution in [3.63, 3.8) is 0 Å². The molecule has 0 radical (unpaired) electrons. The molecule has 4 rings (SSSR count). The number of nitrogens with zero attached hydrogens (tertiary/aromatic N) is 3. The number of hydrogen-bond acceptors (Lipinski definition) is 5. The number of allylic oxidation sites excluding steroid dienone is 1. The van der Waals surface area contributed by atoms with Crippen LogP contribution in [0.3, 0.4) is 0 Å². The van der Waals surface area contributed by atoms with Crippen molar-refractivity contribution in [3.8, 4) is 17.3 Å². The molecule has 1 fully saturated rings. The Labute approximate surface area is 154 Å². The summed E-state index contributed by atoms with van der Waals surface area (Å²) in [4.78, 5) is 18.4. The highest BCUT2D eigenvalue weighted by Crippen LogP contribution is 2.30. The van der Waals surface area contributed by atoms with Gasteiger partial charge in [-0.05, 0) is 30.7 Å². The fourth-order valence-corrected chi connectivity index (χ4v) is 3.74. The van der Waals surface area contributed by atoms with Crippen molar-refractivity contribution in [2.75, 3.05) is 11.4 Å². The maximum Gasteiger partial charge on any atom is 0.227 e. The summed E-state index contributed by atoms with van der Waals surface area (Å²) in [6.45, 7) is 0.759. The van der Waals surface area contributed by atoms with E-state index in [9.17, 15) is 10.1 Å². The van der Waals surface area contributed by atoms with E-state index in [4.69, 9.17) is 4.42 Å². The van der Waals surface area contributed by atoms with Gasteiger partial charge in [0.15, 0.2) is 0 Å². The predicted octanol–water partition coefficient (Wildman–Crippen LogP) is 4.59. The van der Waals surface area contributed by atoms with E-state index in [0.29, 0.717) is 22.8 Å². The first kappa shape index (κ1) is 16.3. The number of amides is 1. The molecule has 1 amide bonds. The number of benzene rings is 1. The first-order chi connectivity index (χ1) is 12.7. The summed E-state index contributed by atoms with van der Waals surface area (Å²) in [5.41, 5.74) is 3.08. The standard InChI is InChI=1S/C20H15N3O2S/c21-12-15(11-17-6-3-9-25-17)20-22-18(13-26-20)14-4-1-5-16(10-14)23-8-2-7-19(23)24/h1,3-6,9-11,13H,2,7-8H2. The Kier molecular flexibility index (Phi) is 4.38. The Balaban J connectivity index is 1.64. The molecule has 2 aromatic heterocycles. The van der Waals surface area contributed by atoms with Crippen molar-refractivity contribution >= 4 is 34.6 Å². The number of hydrogen-bond donors (Lipinski definition) is 0. The Bertz CT molecular complexity index is 1010. The molecule has 0 N–H and O–H groups in total. The van der Waals surface area contributed by atoms with E-state index in [-0.39, 0.29) is 5.91 Å². The zero-order valence-corrected chi connectivity index (χ0v) is 14.7. The number of aromatic nitrogens is 1. The lowest BCUT2D eigenvalue weighted by molar-refractivity contribution is -0.117. The van der Waals surface area contributed by atoms with Crippen LogP contribution < -0.4 is 4.90 Å². The quantitative estimate of drug-likeness (QED) is 0.637. The number of furan rings is 1. The summed E-state index contributed by atoms with van der Waals surface area (Å²) < 4.78 is 5.27. The van der Waals surface area contributed by atoms with Gasteiger partial charge >= 0.3 is 0 Å². The SMILES string of the molecule is N#CC(=Cc1ccco1)c1nc(-c2cccc(N3CCCC3=O)c2)cs1. The Morgan fingerprint density at radius 3 is 3.00 bits per heavy atom. The normalized spacial score (nSPS) is 14.7. The maximum atomic E-state index is 12.0. The minimum absolute atomic E-state index is 0.161. The maximum absolute atomic E-state index is 12.0. The molecule has 3 heterocycles. The third-order valence-electron chi connectivity index (χ3n) is 4.21. The molecule has 5 nitrogen and oxygen atoms in total. The van der Waals surface area contributed by atoms with Crippen LogP contribution in [0, 0.1) is 11.3 Å². The average molecular weight is 361 g/mol. The van der Waals surface area contributed by atoms with Crippen LogP contribution in [-0.4, -0.2) is 17.4 Å². The van der Waals surface area contributed by atoms with E-state index >= 15 is 0 Å². The number of anilines is 1. The van der Waals surface area contributed by atoms with Crippen LogP contribution in [-0.2, 0) is 4.79 Å². The van der Waals surface area contributed by atoms with Crippen LogP contribution in [0.1, 0.15) is 23.6 Å². The average Bonchev–Trinajstić information content (AvgIpc) is 3.41. The van der Waals surface area contributed by atoms with Crippen molar-refractivity contribution < 1.29 is 9.21 Å². The molecule has 1 aliphatic rings. The minimum Gasteiger partial charge on any atom is -0.465 e. The Morgan fingerprint density at radius 2 is 2.27 bits per heavy atom. The van der Waals surface area contributed by atoms with Crippen LogP contribution in [0.25, 0.3) is 22.9 Å². The summed E-state index contributed by atoms with van der Waals surface area (Å²) in [6.07, 6.45) is 4.75. The van der Waals surface area contributed by atoms with E-state index in [1.807, 2.05) is 34.5 Å². The molecular formula is C20H15N3O2S. The highest BCUT2D eigenvalue weighted by atomic mass is 32.1. The fourth-order valence-electron chi connectivity index (χ4n) is 2.94. The van der Waals surface area contributed by atoms with Gasteiger partial charge in [0.25, 0.3) is 0 Å². The monoisotopic (exact) mass is 361 g/mol. The second-order valence-electron chi connectivity index (χ2n) is 5.92. The number of rotatable bonds is 4. The molecule has 128 valence electrons. The Morgan fingerprint density at radius 1 is 1.35 bits per heavy atom. The topological polar surface area (TPSA) is 70.1 Å². The summed E-state index contributed by atoms with van der Waals surface area (Å²) in [5, 5.41) is 12.0. The van der Waals surface area contributed by atoms with Gasteiger partial charge in [-0.15, -0.1) is 11.3 Å². The molecule has 0 saturated carbocycles. The van der Waals surface area contributed by atoms with E-state index in [1.165, 1.54) is 11.3 Å². The van der Waals surface area contributed by atoms with Crippen LogP contribution in [0.4, 0.5) is 5.69 Å². The van der Waals surface area contributed by atoms with E-state index < -0.39 is 0 Å². The second-order valence-corrected chi connectivity index (χ2v) is 6.78. The molecule has 3 aromatic rings. The molecule has 1 aromatic carbocycles. The van der Waals surface area contributed by atoms with Gasteiger partial charge < -0.3 is 9.32 Å². The van der Waals surface area contributed by atoms with E-state index in [1.54, 1.807) is 24.5 Å². The zero-order valence-electron chi connectivity index (χ0n) is 13.9. The van der Waals surface area contributed by atoms with Crippen molar-refractivity contribution in [1.29, 1.82) is 5.26 Å². The van der Waals surface area contributed by atoms with Crippen LogP contribution in [0.15, 0.2) is 52.5 Å². The van der Waals surface area contributed by atoms with Gasteiger partial charge in [-0.1, -0.05) is 12.1 Å². The molecule has 0 spiro atoms. The minimum atomic E-state index is 0.161. The lowest BCUT2D eigenvalue weighted by atomic mass is 10.1. The molecule has 6 heteroatoms. The van der Waals surface area contributed by atoms with Crippen molar-refractivity contribution in [1.82, 2.24) is 4.98 Å². The van der Waals surface area contributed by atoms with Gasteiger partial charge in [0.1, 0.15) is 16.8 Å². The molecule has 0 atom stereocenters. The molecule has 1 aliphatic heterocycles. The summed E-state index contributed by atoms with van der Waals surface area (Å²) in [7, 11) is 0. The van der Waals surface area contributed by atoms with Crippen LogP contribution in [0.5, 0.6) is 0 Å². The van der Waals surface area contributed by atoms with Gasteiger partial charge in [-0.2, -0.15) is 5.26 Å². The third kappa shape index (κ3) is 3.17. The zero-order chi connectivity index (χ0) is 17.9. The lowest BCUT2D eigenvalue weighted by Crippen LogP contribution is -2.23. The number of carbonyl (C=O) groups is 1. The second kappa shape index (κ2) is 6.98. The molecule has 0 bridgehead atoms. The summed E-state index contributed by atoms with van der Waals surface area (Å²) in [5.74, 6) is 0.780. The van der Waals surface area contributed by atoms with Crippen molar-refractivity contribution in [2.24, 2.45) is 0 Å². The fraction of sp³-hybridized carbons (Fsp3) is 0.150. The molecule has 0 unspecified atom stereocenters. The van der Waals surface area contributed by atoms with Gasteiger partial charge in [0.2, 0.25) is 5.91 Å². The molecular weight excluding hydrogens is 346 g/mol. The highest BCUT2D eigenvalue weighted by Gasteiger charge is 2.22. The first-order valence-corrected chi connectivity index (χ1v) is 9.14. The lowest BCUT2D eigenvalue weighted by Gasteiger charge is -2.16. The van der Waals surface area contributed by atoms with Gasteiger partial charge in [-0.3, -0.25) is 4.79 Å². The van der Waals surface area contributed by atoms with E-state index in [0.717, 1.165) is 29.9 Å². The smallest absolute Gasteiger partial charge is 0.227 e.